The molecule has 6 nitrogen and oxygen atoms in total. The predicted octanol–water partition coefficient (Wildman–Crippen LogP) is 1.66. The maximum absolute atomic E-state index is 12.9. The van der Waals surface area contributed by atoms with E-state index in [1.165, 1.54) is 0 Å². The van der Waals surface area contributed by atoms with E-state index in [0.717, 1.165) is 32.1 Å². The Balaban J connectivity index is 1.73. The van der Waals surface area contributed by atoms with Gasteiger partial charge in [-0.2, -0.15) is 4.31 Å². The lowest BCUT2D eigenvalue weighted by molar-refractivity contribution is -0.130. The minimum absolute atomic E-state index is 0.169. The molecule has 1 aromatic carbocycles. The number of rotatable bonds is 5. The summed E-state index contributed by atoms with van der Waals surface area (Å²) in [7, 11) is -3.51. The van der Waals surface area contributed by atoms with Gasteiger partial charge in [0.25, 0.3) is 0 Å². The van der Waals surface area contributed by atoms with Gasteiger partial charge in [-0.05, 0) is 37.3 Å². The van der Waals surface area contributed by atoms with Crippen molar-refractivity contribution in [2.45, 2.75) is 49.6 Å². The van der Waals surface area contributed by atoms with Crippen LogP contribution in [0.25, 0.3) is 0 Å². The fourth-order valence-corrected chi connectivity index (χ4v) is 4.97. The van der Waals surface area contributed by atoms with Crippen molar-refractivity contribution >= 4 is 15.9 Å². The van der Waals surface area contributed by atoms with Crippen molar-refractivity contribution < 1.29 is 17.9 Å². The lowest BCUT2D eigenvalue weighted by Crippen LogP contribution is -2.37. The zero-order valence-electron chi connectivity index (χ0n) is 13.7. The summed E-state index contributed by atoms with van der Waals surface area (Å²) in [5, 5.41) is 2.81. The number of carbonyl (C=O) groups excluding carboxylic acids is 1. The number of carbonyl (C=O) groups is 1. The van der Waals surface area contributed by atoms with E-state index < -0.39 is 16.1 Å². The maximum Gasteiger partial charge on any atom is 0.249 e. The SMILES string of the molecule is O=C(NCc1ccccc1S(=O)(=O)N1CCCCC1)C1CCCO1. The second kappa shape index (κ2) is 7.63. The Morgan fingerprint density at radius 1 is 1.17 bits per heavy atom. The topological polar surface area (TPSA) is 75.7 Å². The summed E-state index contributed by atoms with van der Waals surface area (Å²) in [5.74, 6) is -0.169. The number of nitrogens with one attached hydrogen (secondary N) is 1. The molecule has 132 valence electrons. The van der Waals surface area contributed by atoms with Crippen LogP contribution < -0.4 is 5.32 Å². The molecule has 24 heavy (non-hydrogen) atoms. The average molecular weight is 352 g/mol. The van der Waals surface area contributed by atoms with Crippen molar-refractivity contribution in [2.75, 3.05) is 19.7 Å². The molecule has 0 bridgehead atoms. The van der Waals surface area contributed by atoms with Gasteiger partial charge in [-0.25, -0.2) is 8.42 Å². The van der Waals surface area contributed by atoms with Crippen LogP contribution in [0.1, 0.15) is 37.7 Å². The molecule has 0 spiro atoms. The summed E-state index contributed by atoms with van der Waals surface area (Å²) in [4.78, 5) is 12.4. The van der Waals surface area contributed by atoms with E-state index in [4.69, 9.17) is 4.74 Å². The lowest BCUT2D eigenvalue weighted by Gasteiger charge is -2.27. The largest absolute Gasteiger partial charge is 0.368 e. The van der Waals surface area contributed by atoms with E-state index in [0.29, 0.717) is 30.2 Å². The number of hydrogen-bond donors (Lipinski definition) is 1. The first kappa shape index (κ1) is 17.4. The van der Waals surface area contributed by atoms with E-state index in [9.17, 15) is 13.2 Å². The standard InChI is InChI=1S/C17H24N2O4S/c20-17(15-8-6-12-23-15)18-13-14-7-2-3-9-16(14)24(21,22)19-10-4-1-5-11-19/h2-3,7,9,15H,1,4-6,8,10-13H2,(H,18,20). The molecule has 2 aliphatic heterocycles. The number of nitrogens with zero attached hydrogens (tertiary/aromatic N) is 1. The quantitative estimate of drug-likeness (QED) is 0.874. The molecule has 0 radical (unpaired) electrons. The summed E-state index contributed by atoms with van der Waals surface area (Å²) >= 11 is 0. The zero-order chi connectivity index (χ0) is 17.0. The number of hydrogen-bond acceptors (Lipinski definition) is 4. The first-order valence-corrected chi connectivity index (χ1v) is 10.0. The zero-order valence-corrected chi connectivity index (χ0v) is 14.6. The first-order chi connectivity index (χ1) is 11.6. The van der Waals surface area contributed by atoms with Crippen LogP contribution in [0.4, 0.5) is 0 Å². The van der Waals surface area contributed by atoms with E-state index in [-0.39, 0.29) is 12.5 Å². The Labute approximate surface area is 143 Å². The van der Waals surface area contributed by atoms with Crippen LogP contribution in [0, 0.1) is 0 Å². The fourth-order valence-electron chi connectivity index (χ4n) is 3.23. The molecular weight excluding hydrogens is 328 g/mol. The molecular formula is C17H24N2O4S. The first-order valence-electron chi connectivity index (χ1n) is 8.56. The van der Waals surface area contributed by atoms with Crippen molar-refractivity contribution in [1.29, 1.82) is 0 Å². The molecule has 2 fully saturated rings. The van der Waals surface area contributed by atoms with Gasteiger partial charge in [-0.1, -0.05) is 24.6 Å². The van der Waals surface area contributed by atoms with E-state index in [1.807, 2.05) is 0 Å². The summed E-state index contributed by atoms with van der Waals surface area (Å²) in [6.45, 7) is 1.94. The average Bonchev–Trinajstić information content (AvgIpc) is 3.15. The third-order valence-corrected chi connectivity index (χ3v) is 6.58. The molecule has 0 aliphatic carbocycles. The number of sulfonamides is 1. The van der Waals surface area contributed by atoms with Crippen LogP contribution in [0.15, 0.2) is 29.2 Å². The van der Waals surface area contributed by atoms with Gasteiger partial charge in [-0.15, -0.1) is 0 Å². The predicted molar refractivity (Wildman–Crippen MR) is 89.9 cm³/mol. The number of amides is 1. The Hall–Kier alpha value is -1.44. The van der Waals surface area contributed by atoms with Gasteiger partial charge < -0.3 is 10.1 Å². The van der Waals surface area contributed by atoms with Crippen molar-refractivity contribution in [3.05, 3.63) is 29.8 Å². The van der Waals surface area contributed by atoms with Crippen molar-refractivity contribution in [1.82, 2.24) is 9.62 Å². The third kappa shape index (κ3) is 3.79. The molecule has 0 aromatic heterocycles. The third-order valence-electron chi connectivity index (χ3n) is 4.58. The van der Waals surface area contributed by atoms with Gasteiger partial charge >= 0.3 is 0 Å². The minimum atomic E-state index is -3.51. The molecule has 1 N–H and O–H groups in total. The Morgan fingerprint density at radius 3 is 2.62 bits per heavy atom. The van der Waals surface area contributed by atoms with Crippen LogP contribution in [-0.4, -0.2) is 44.4 Å². The molecule has 2 aliphatic rings. The Kier molecular flexibility index (Phi) is 5.53. The monoisotopic (exact) mass is 352 g/mol. The number of piperidine rings is 1. The molecule has 1 amide bonds. The molecule has 7 heteroatoms. The van der Waals surface area contributed by atoms with Gasteiger partial charge in [0.2, 0.25) is 15.9 Å². The summed E-state index contributed by atoms with van der Waals surface area (Å²) in [6.07, 6.45) is 4.08. The molecule has 0 saturated carbocycles. The second-order valence-corrected chi connectivity index (χ2v) is 8.20. The number of ether oxygens (including phenoxy) is 1. The summed E-state index contributed by atoms with van der Waals surface area (Å²) in [6, 6.07) is 6.90. The minimum Gasteiger partial charge on any atom is -0.368 e. The molecule has 3 rings (SSSR count). The van der Waals surface area contributed by atoms with E-state index in [2.05, 4.69) is 5.32 Å². The van der Waals surface area contributed by atoms with Crippen LogP contribution >= 0.6 is 0 Å². The molecule has 1 aromatic rings. The molecule has 1 atom stereocenters. The highest BCUT2D eigenvalue weighted by Gasteiger charge is 2.28. The molecule has 2 saturated heterocycles. The Morgan fingerprint density at radius 2 is 1.92 bits per heavy atom. The molecule has 1 unspecified atom stereocenters. The van der Waals surface area contributed by atoms with Crippen LogP contribution in [-0.2, 0) is 26.1 Å². The second-order valence-electron chi connectivity index (χ2n) is 6.29. The van der Waals surface area contributed by atoms with E-state index in [1.54, 1.807) is 28.6 Å². The van der Waals surface area contributed by atoms with Crippen LogP contribution in [0.3, 0.4) is 0 Å². The van der Waals surface area contributed by atoms with Crippen LogP contribution in [0.2, 0.25) is 0 Å². The highest BCUT2D eigenvalue weighted by Crippen LogP contribution is 2.23. The maximum atomic E-state index is 12.9. The van der Waals surface area contributed by atoms with Gasteiger partial charge in [-0.3, -0.25) is 4.79 Å². The lowest BCUT2D eigenvalue weighted by atomic mass is 10.2. The number of benzene rings is 1. The van der Waals surface area contributed by atoms with Gasteiger partial charge in [0.15, 0.2) is 0 Å². The Bertz CT molecular complexity index is 678. The van der Waals surface area contributed by atoms with Gasteiger partial charge in [0, 0.05) is 26.2 Å². The van der Waals surface area contributed by atoms with E-state index >= 15 is 0 Å². The van der Waals surface area contributed by atoms with Gasteiger partial charge in [0.1, 0.15) is 6.10 Å². The molecule has 2 heterocycles. The normalized spacial score (nSPS) is 22.4. The van der Waals surface area contributed by atoms with Crippen molar-refractivity contribution in [3.63, 3.8) is 0 Å². The van der Waals surface area contributed by atoms with Crippen LogP contribution in [0.5, 0.6) is 0 Å². The fraction of sp³-hybridized carbons (Fsp3) is 0.588. The summed E-state index contributed by atoms with van der Waals surface area (Å²) in [5.41, 5.74) is 0.620. The van der Waals surface area contributed by atoms with Crippen molar-refractivity contribution in [2.24, 2.45) is 0 Å². The highest BCUT2D eigenvalue weighted by molar-refractivity contribution is 7.89. The van der Waals surface area contributed by atoms with Crippen molar-refractivity contribution in [3.8, 4) is 0 Å². The summed E-state index contributed by atoms with van der Waals surface area (Å²) < 4.78 is 32.7. The smallest absolute Gasteiger partial charge is 0.249 e. The highest BCUT2D eigenvalue weighted by atomic mass is 32.2. The van der Waals surface area contributed by atoms with Gasteiger partial charge in [0.05, 0.1) is 4.90 Å².